The standard InChI is InChI=1S/C24H19F5N4O4/c25-15-2-1-3-16(26)19(15)33-10-14(23(37)31-21(11-4-5-11)24(27,28)29)20(36)13-6-7-17(30-22(13)33)32-9-12(34)8-18(32)35/h1-3,6-7,10-12,21,34H,4-5,8-9H2,(H,31,37)/t12-,21?/m0/s1. The second-order valence-electron chi connectivity index (χ2n) is 9.05. The first-order chi connectivity index (χ1) is 17.5. The molecule has 1 saturated heterocycles. The lowest BCUT2D eigenvalue weighted by molar-refractivity contribution is -0.158. The fourth-order valence-electron chi connectivity index (χ4n) is 4.42. The summed E-state index contributed by atoms with van der Waals surface area (Å²) in [4.78, 5) is 43.6. The molecule has 3 aromatic rings. The zero-order chi connectivity index (χ0) is 26.6. The molecule has 1 saturated carbocycles. The van der Waals surface area contributed by atoms with Gasteiger partial charge >= 0.3 is 6.18 Å². The number of hydrogen-bond acceptors (Lipinski definition) is 5. The van der Waals surface area contributed by atoms with Crippen LogP contribution in [-0.2, 0) is 4.79 Å². The van der Waals surface area contributed by atoms with Gasteiger partial charge < -0.3 is 10.4 Å². The number of fused-ring (bicyclic) bond motifs is 1. The number of nitrogens with one attached hydrogen (secondary N) is 1. The van der Waals surface area contributed by atoms with E-state index in [0.29, 0.717) is 0 Å². The van der Waals surface area contributed by atoms with Crippen LogP contribution in [0.2, 0.25) is 0 Å². The van der Waals surface area contributed by atoms with Gasteiger partial charge in [-0.2, -0.15) is 13.2 Å². The summed E-state index contributed by atoms with van der Waals surface area (Å²) in [6.07, 6.45) is -4.65. The Kier molecular flexibility index (Phi) is 5.97. The number of rotatable bonds is 5. The maximum Gasteiger partial charge on any atom is 0.408 e. The van der Waals surface area contributed by atoms with Crippen molar-refractivity contribution in [3.63, 3.8) is 0 Å². The number of nitrogens with zero attached hydrogens (tertiary/aromatic N) is 3. The van der Waals surface area contributed by atoms with Crippen molar-refractivity contribution in [3.05, 3.63) is 63.9 Å². The van der Waals surface area contributed by atoms with Gasteiger partial charge in [0, 0.05) is 6.20 Å². The number of anilines is 1. The van der Waals surface area contributed by atoms with Crippen LogP contribution in [0, 0.1) is 17.6 Å². The van der Waals surface area contributed by atoms with E-state index >= 15 is 0 Å². The molecule has 0 radical (unpaired) electrons. The molecule has 8 nitrogen and oxygen atoms in total. The van der Waals surface area contributed by atoms with E-state index in [0.717, 1.165) is 39.9 Å². The number of benzene rings is 1. The van der Waals surface area contributed by atoms with Crippen molar-refractivity contribution in [2.75, 3.05) is 11.4 Å². The smallest absolute Gasteiger partial charge is 0.391 e. The highest BCUT2D eigenvalue weighted by Crippen LogP contribution is 2.40. The summed E-state index contributed by atoms with van der Waals surface area (Å²) in [5.74, 6) is -4.87. The molecule has 3 heterocycles. The van der Waals surface area contributed by atoms with Gasteiger partial charge in [0.05, 0.1) is 24.5 Å². The van der Waals surface area contributed by atoms with E-state index in [1.54, 1.807) is 0 Å². The number of pyridine rings is 2. The summed E-state index contributed by atoms with van der Waals surface area (Å²) in [6.45, 7) is -0.101. The summed E-state index contributed by atoms with van der Waals surface area (Å²) in [6, 6.07) is 3.14. The van der Waals surface area contributed by atoms with Gasteiger partial charge in [-0.15, -0.1) is 0 Å². The van der Waals surface area contributed by atoms with Gasteiger partial charge in [-0.25, -0.2) is 13.8 Å². The van der Waals surface area contributed by atoms with E-state index < -0.39 is 64.4 Å². The minimum absolute atomic E-state index is 0.0259. The summed E-state index contributed by atoms with van der Waals surface area (Å²) >= 11 is 0. The molecule has 1 aliphatic carbocycles. The number of aliphatic hydroxyl groups is 1. The second kappa shape index (κ2) is 8.91. The van der Waals surface area contributed by atoms with Crippen LogP contribution in [0.25, 0.3) is 16.7 Å². The Morgan fingerprint density at radius 1 is 1.11 bits per heavy atom. The van der Waals surface area contributed by atoms with Gasteiger partial charge in [-0.3, -0.25) is 23.9 Å². The minimum atomic E-state index is -4.76. The van der Waals surface area contributed by atoms with Gasteiger partial charge in [0.25, 0.3) is 5.91 Å². The van der Waals surface area contributed by atoms with E-state index in [1.807, 2.05) is 5.32 Å². The molecule has 2 N–H and O–H groups in total. The van der Waals surface area contributed by atoms with Crippen LogP contribution in [0.3, 0.4) is 0 Å². The first-order valence-electron chi connectivity index (χ1n) is 11.3. The normalized spacial score (nSPS) is 18.9. The summed E-state index contributed by atoms with van der Waals surface area (Å²) in [5.41, 5.74) is -2.85. The lowest BCUT2D eigenvalue weighted by Crippen LogP contribution is -2.48. The van der Waals surface area contributed by atoms with E-state index in [1.165, 1.54) is 6.07 Å². The maximum atomic E-state index is 14.8. The van der Waals surface area contributed by atoms with E-state index in [-0.39, 0.29) is 42.7 Å². The molecule has 194 valence electrons. The Morgan fingerprint density at radius 2 is 1.78 bits per heavy atom. The number of amides is 2. The highest BCUT2D eigenvalue weighted by molar-refractivity contribution is 5.99. The molecule has 0 spiro atoms. The van der Waals surface area contributed by atoms with Crippen molar-refractivity contribution in [1.29, 1.82) is 0 Å². The van der Waals surface area contributed by atoms with Gasteiger partial charge in [-0.1, -0.05) is 6.07 Å². The number of β-amino-alcohol motifs (C(OH)–C–C–N with tert-alkyl or cyclic N) is 1. The molecule has 0 bridgehead atoms. The predicted molar refractivity (Wildman–Crippen MR) is 120 cm³/mol. The largest absolute Gasteiger partial charge is 0.408 e. The van der Waals surface area contributed by atoms with Crippen LogP contribution in [0.5, 0.6) is 0 Å². The van der Waals surface area contributed by atoms with Gasteiger partial charge in [0.1, 0.15) is 34.7 Å². The van der Waals surface area contributed by atoms with E-state index in [9.17, 15) is 41.4 Å². The zero-order valence-electron chi connectivity index (χ0n) is 18.9. The molecular formula is C24H19F5N4O4. The molecule has 5 rings (SSSR count). The SMILES string of the molecule is O=C(NC(C1CC1)C(F)(F)F)c1cn(-c2c(F)cccc2F)c2nc(N3C[C@@H](O)CC3=O)ccc2c1=O. The lowest BCUT2D eigenvalue weighted by Gasteiger charge is -2.22. The molecule has 1 aliphatic heterocycles. The van der Waals surface area contributed by atoms with Gasteiger partial charge in [-0.05, 0) is 43.0 Å². The Bertz CT molecular complexity index is 1460. The van der Waals surface area contributed by atoms with Crippen LogP contribution in [0.15, 0.2) is 41.3 Å². The number of carbonyl (C=O) groups is 2. The van der Waals surface area contributed by atoms with E-state index in [2.05, 4.69) is 4.98 Å². The molecule has 2 aliphatic rings. The van der Waals surface area contributed by atoms with Crippen LogP contribution in [0.4, 0.5) is 27.8 Å². The van der Waals surface area contributed by atoms with Crippen LogP contribution in [-0.4, -0.2) is 51.3 Å². The average molecular weight is 522 g/mol. The zero-order valence-corrected chi connectivity index (χ0v) is 18.9. The number of aromatic nitrogens is 2. The first-order valence-corrected chi connectivity index (χ1v) is 11.3. The highest BCUT2D eigenvalue weighted by atomic mass is 19.4. The number of alkyl halides is 3. The summed E-state index contributed by atoms with van der Waals surface area (Å²) in [5, 5.41) is 11.3. The predicted octanol–water partition coefficient (Wildman–Crippen LogP) is 2.83. The number of aliphatic hydroxyl groups excluding tert-OH is 1. The third-order valence-electron chi connectivity index (χ3n) is 6.37. The molecule has 13 heteroatoms. The quantitative estimate of drug-likeness (QED) is 0.502. The number of hydrogen-bond donors (Lipinski definition) is 2. The topological polar surface area (TPSA) is 105 Å². The summed E-state index contributed by atoms with van der Waals surface area (Å²) in [7, 11) is 0. The van der Waals surface area contributed by atoms with Crippen molar-refractivity contribution in [2.24, 2.45) is 5.92 Å². The average Bonchev–Trinajstić information content (AvgIpc) is 3.60. The van der Waals surface area contributed by atoms with Crippen molar-refractivity contribution in [1.82, 2.24) is 14.9 Å². The minimum Gasteiger partial charge on any atom is -0.391 e. The Balaban J connectivity index is 1.69. The molecule has 2 aromatic heterocycles. The Labute approximate surface area is 205 Å². The number of para-hydroxylation sites is 1. The monoisotopic (exact) mass is 522 g/mol. The van der Waals surface area contributed by atoms with Crippen molar-refractivity contribution in [2.45, 2.75) is 37.6 Å². The lowest BCUT2D eigenvalue weighted by atomic mass is 10.1. The fraction of sp³-hybridized carbons (Fsp3) is 0.333. The van der Waals surface area contributed by atoms with Crippen molar-refractivity contribution < 1.29 is 36.6 Å². The second-order valence-corrected chi connectivity index (χ2v) is 9.05. The molecule has 1 unspecified atom stereocenters. The maximum absolute atomic E-state index is 14.8. The van der Waals surface area contributed by atoms with Crippen molar-refractivity contribution >= 4 is 28.7 Å². The third kappa shape index (κ3) is 4.54. The fourth-order valence-corrected chi connectivity index (χ4v) is 4.42. The third-order valence-corrected chi connectivity index (χ3v) is 6.37. The van der Waals surface area contributed by atoms with Crippen molar-refractivity contribution in [3.8, 4) is 5.69 Å². The molecule has 1 aromatic carbocycles. The van der Waals surface area contributed by atoms with Gasteiger partial charge in [0.15, 0.2) is 5.65 Å². The van der Waals surface area contributed by atoms with Crippen LogP contribution >= 0.6 is 0 Å². The van der Waals surface area contributed by atoms with E-state index in [4.69, 9.17) is 0 Å². The Hall–Kier alpha value is -3.87. The highest BCUT2D eigenvalue weighted by Gasteiger charge is 2.50. The summed E-state index contributed by atoms with van der Waals surface area (Å²) < 4.78 is 70.8. The van der Waals surface area contributed by atoms with Gasteiger partial charge in [0.2, 0.25) is 11.3 Å². The molecule has 2 atom stereocenters. The number of carbonyl (C=O) groups excluding carboxylic acids is 2. The molecule has 2 fully saturated rings. The van der Waals surface area contributed by atoms with Crippen LogP contribution in [0.1, 0.15) is 29.6 Å². The molecular weight excluding hydrogens is 503 g/mol. The first kappa shape index (κ1) is 24.8. The van der Waals surface area contributed by atoms with Crippen LogP contribution < -0.4 is 15.6 Å². The molecule has 2 amide bonds. The Morgan fingerprint density at radius 3 is 2.35 bits per heavy atom. The molecule has 37 heavy (non-hydrogen) atoms. The number of halogens is 5.